The summed E-state index contributed by atoms with van der Waals surface area (Å²) in [5.74, 6) is -0.564. The van der Waals surface area contributed by atoms with Gasteiger partial charge in [0.05, 0.1) is 5.16 Å². The molecular formula is C8H13NO2S. The zero-order valence-electron chi connectivity index (χ0n) is 7.28. The molecule has 4 heteroatoms. The molecule has 0 radical (unpaired) electrons. The van der Waals surface area contributed by atoms with Gasteiger partial charge in [0, 0.05) is 0 Å². The van der Waals surface area contributed by atoms with E-state index in [1.54, 1.807) is 0 Å². The Balaban J connectivity index is 4.13. The number of carbonyl (C=O) groups is 1. The molecule has 0 heterocycles. The van der Waals surface area contributed by atoms with E-state index in [4.69, 9.17) is 5.11 Å². The van der Waals surface area contributed by atoms with Crippen molar-refractivity contribution in [2.24, 2.45) is 10.9 Å². The van der Waals surface area contributed by atoms with E-state index in [-0.39, 0.29) is 0 Å². The maximum absolute atomic E-state index is 10.6. The summed E-state index contributed by atoms with van der Waals surface area (Å²) in [5, 5.41) is 10.8. The van der Waals surface area contributed by atoms with Gasteiger partial charge in [-0.05, 0) is 24.6 Å². The topological polar surface area (TPSA) is 49.7 Å². The molecule has 0 aliphatic carbocycles. The summed E-state index contributed by atoms with van der Waals surface area (Å²) in [6.45, 7) is 4.01. The highest BCUT2D eigenvalue weighted by molar-refractivity contribution is 7.78. The van der Waals surface area contributed by atoms with Gasteiger partial charge < -0.3 is 5.11 Å². The molecule has 0 saturated heterocycles. The maximum Gasteiger partial charge on any atom is 0.329 e. The molecule has 0 aliphatic rings. The summed E-state index contributed by atoms with van der Waals surface area (Å²) in [4.78, 5) is 14.1. The molecule has 0 bridgehead atoms. The predicted octanol–water partition coefficient (Wildman–Crippen LogP) is 1.98. The molecule has 1 N–H and O–H groups in total. The summed E-state index contributed by atoms with van der Waals surface area (Å²) < 4.78 is 0. The zero-order valence-corrected chi connectivity index (χ0v) is 8.10. The molecule has 0 aromatic rings. The minimum absolute atomic E-state index is 0.359. The third kappa shape index (κ3) is 4.21. The highest BCUT2D eigenvalue weighted by atomic mass is 32.1. The van der Waals surface area contributed by atoms with Crippen LogP contribution in [0.3, 0.4) is 0 Å². The van der Waals surface area contributed by atoms with Crippen LogP contribution in [0, 0.1) is 5.92 Å². The van der Waals surface area contributed by atoms with Crippen LogP contribution in [0.2, 0.25) is 0 Å². The normalized spacial score (nSPS) is 14.5. The van der Waals surface area contributed by atoms with Gasteiger partial charge in [-0.2, -0.15) is 0 Å². The quantitative estimate of drug-likeness (QED) is 0.529. The second-order valence-electron chi connectivity index (χ2n) is 2.82. The number of isothiocyanates is 1. The van der Waals surface area contributed by atoms with E-state index in [1.807, 2.05) is 13.8 Å². The standard InChI is InChI=1S/C8H13NO2S/c1-3-6(2)4-7(8(10)11)9-5-12/h6-7H,3-4H2,1-2H3,(H,10,11). The molecule has 0 amide bonds. The number of hydrogen-bond donors (Lipinski definition) is 1. The molecule has 3 nitrogen and oxygen atoms in total. The van der Waals surface area contributed by atoms with E-state index in [1.165, 1.54) is 0 Å². The SMILES string of the molecule is CCC(C)CC(N=C=S)C(=O)O. The van der Waals surface area contributed by atoms with Crippen molar-refractivity contribution < 1.29 is 9.90 Å². The Morgan fingerprint density at radius 3 is 2.67 bits per heavy atom. The molecule has 0 spiro atoms. The lowest BCUT2D eigenvalue weighted by Crippen LogP contribution is -2.20. The third-order valence-corrected chi connectivity index (χ3v) is 1.92. The Kier molecular flexibility index (Phi) is 5.51. The first-order valence-corrected chi connectivity index (χ1v) is 4.32. The molecule has 0 rings (SSSR count). The summed E-state index contributed by atoms with van der Waals surface area (Å²) in [5.41, 5.74) is 0. The number of nitrogens with zero attached hydrogens (tertiary/aromatic N) is 1. The lowest BCUT2D eigenvalue weighted by atomic mass is 10.00. The van der Waals surface area contributed by atoms with Gasteiger partial charge in [-0.3, -0.25) is 0 Å². The van der Waals surface area contributed by atoms with Crippen LogP contribution in [0.25, 0.3) is 0 Å². The molecule has 68 valence electrons. The largest absolute Gasteiger partial charge is 0.480 e. The maximum atomic E-state index is 10.6. The van der Waals surface area contributed by atoms with Gasteiger partial charge in [-0.1, -0.05) is 20.3 Å². The fourth-order valence-electron chi connectivity index (χ4n) is 0.820. The Morgan fingerprint density at radius 1 is 1.75 bits per heavy atom. The van der Waals surface area contributed by atoms with E-state index in [0.717, 1.165) is 6.42 Å². The second kappa shape index (κ2) is 5.86. The summed E-state index contributed by atoms with van der Waals surface area (Å²) in [6.07, 6.45) is 1.49. The number of rotatable bonds is 5. The highest BCUT2D eigenvalue weighted by Gasteiger charge is 2.17. The number of carboxylic acids is 1. The van der Waals surface area contributed by atoms with Crippen molar-refractivity contribution in [3.63, 3.8) is 0 Å². The summed E-state index contributed by atoms with van der Waals surface area (Å²) in [7, 11) is 0. The van der Waals surface area contributed by atoms with Crippen LogP contribution in [-0.2, 0) is 4.79 Å². The minimum atomic E-state index is -0.923. The van der Waals surface area contributed by atoms with Gasteiger partial charge in [-0.15, -0.1) is 0 Å². The Morgan fingerprint density at radius 2 is 2.33 bits per heavy atom. The monoisotopic (exact) mass is 187 g/mol. The van der Waals surface area contributed by atoms with Crippen molar-refractivity contribution in [3.05, 3.63) is 0 Å². The van der Waals surface area contributed by atoms with Crippen LogP contribution in [0.1, 0.15) is 26.7 Å². The molecule has 0 aliphatic heterocycles. The number of carboxylic acid groups (broad SMARTS) is 1. The summed E-state index contributed by atoms with van der Waals surface area (Å²) in [6, 6.07) is -0.711. The fraction of sp³-hybridized carbons (Fsp3) is 0.750. The van der Waals surface area contributed by atoms with E-state index < -0.39 is 12.0 Å². The van der Waals surface area contributed by atoms with Crippen molar-refractivity contribution in [2.75, 3.05) is 0 Å². The molecule has 0 aromatic heterocycles. The number of thiocarbonyl (C=S) groups is 1. The Bertz CT molecular complexity index is 197. The first kappa shape index (κ1) is 11.3. The van der Waals surface area contributed by atoms with Crippen molar-refractivity contribution >= 4 is 23.3 Å². The molecule has 0 saturated carbocycles. The number of aliphatic imine (C=N–C) groups is 1. The molecule has 0 fully saturated rings. The van der Waals surface area contributed by atoms with Crippen molar-refractivity contribution in [3.8, 4) is 0 Å². The average Bonchev–Trinajstić information content (AvgIpc) is 2.03. The first-order chi connectivity index (χ1) is 5.61. The number of aliphatic carboxylic acids is 1. The van der Waals surface area contributed by atoms with Gasteiger partial charge in [0.2, 0.25) is 0 Å². The third-order valence-electron chi connectivity index (χ3n) is 1.82. The van der Waals surface area contributed by atoms with Crippen LogP contribution in [0.5, 0.6) is 0 Å². The van der Waals surface area contributed by atoms with Crippen molar-refractivity contribution in [1.82, 2.24) is 0 Å². The zero-order chi connectivity index (χ0) is 9.56. The van der Waals surface area contributed by atoms with Gasteiger partial charge in [0.1, 0.15) is 0 Å². The van der Waals surface area contributed by atoms with Crippen molar-refractivity contribution in [2.45, 2.75) is 32.7 Å². The molecule has 12 heavy (non-hydrogen) atoms. The van der Waals surface area contributed by atoms with Crippen LogP contribution in [0.15, 0.2) is 4.99 Å². The fourth-order valence-corrected chi connectivity index (χ4v) is 0.947. The predicted molar refractivity (Wildman–Crippen MR) is 50.5 cm³/mol. The Labute approximate surface area is 77.5 Å². The van der Waals surface area contributed by atoms with E-state index in [2.05, 4.69) is 22.4 Å². The van der Waals surface area contributed by atoms with E-state index in [9.17, 15) is 4.79 Å². The van der Waals surface area contributed by atoms with Crippen LogP contribution in [-0.4, -0.2) is 22.3 Å². The lowest BCUT2D eigenvalue weighted by Gasteiger charge is -2.10. The highest BCUT2D eigenvalue weighted by Crippen LogP contribution is 2.11. The molecule has 0 aromatic carbocycles. The smallest absolute Gasteiger partial charge is 0.329 e. The van der Waals surface area contributed by atoms with Gasteiger partial charge in [0.25, 0.3) is 0 Å². The lowest BCUT2D eigenvalue weighted by molar-refractivity contribution is -0.138. The molecule has 2 unspecified atom stereocenters. The van der Waals surface area contributed by atoms with Gasteiger partial charge >= 0.3 is 5.97 Å². The minimum Gasteiger partial charge on any atom is -0.480 e. The first-order valence-electron chi connectivity index (χ1n) is 3.91. The van der Waals surface area contributed by atoms with Gasteiger partial charge in [-0.25, -0.2) is 9.79 Å². The number of hydrogen-bond acceptors (Lipinski definition) is 3. The van der Waals surface area contributed by atoms with Crippen LogP contribution in [0.4, 0.5) is 0 Å². The van der Waals surface area contributed by atoms with Crippen LogP contribution < -0.4 is 0 Å². The summed E-state index contributed by atoms with van der Waals surface area (Å²) >= 11 is 4.36. The Hall–Kier alpha value is -0.730. The second-order valence-corrected chi connectivity index (χ2v) is 3.01. The molecular weight excluding hydrogens is 174 g/mol. The molecule has 2 atom stereocenters. The van der Waals surface area contributed by atoms with Gasteiger partial charge in [0.15, 0.2) is 6.04 Å². The van der Waals surface area contributed by atoms with Crippen molar-refractivity contribution in [1.29, 1.82) is 0 Å². The average molecular weight is 187 g/mol. The van der Waals surface area contributed by atoms with Crippen LogP contribution >= 0.6 is 12.2 Å². The van der Waals surface area contributed by atoms with E-state index in [0.29, 0.717) is 12.3 Å². The van der Waals surface area contributed by atoms with E-state index >= 15 is 0 Å².